The first-order valence-corrected chi connectivity index (χ1v) is 7.97. The molecule has 1 atom stereocenters. The first-order valence-electron chi connectivity index (χ1n) is 6.00. The van der Waals surface area contributed by atoms with Crippen LogP contribution in [0.3, 0.4) is 0 Å². The van der Waals surface area contributed by atoms with Crippen molar-refractivity contribution in [3.8, 4) is 0 Å². The summed E-state index contributed by atoms with van der Waals surface area (Å²) >= 11 is 3.69. The Morgan fingerprint density at radius 2 is 1.94 bits per heavy atom. The monoisotopic (exact) mass is 292 g/mol. The molecule has 0 spiro atoms. The Morgan fingerprint density at radius 3 is 2.33 bits per heavy atom. The predicted molar refractivity (Wildman–Crippen MR) is 74.9 cm³/mol. The van der Waals surface area contributed by atoms with Crippen LogP contribution in [0.15, 0.2) is 0 Å². The molecule has 0 unspecified atom stereocenters. The summed E-state index contributed by atoms with van der Waals surface area (Å²) in [5.41, 5.74) is -1.39. The zero-order valence-corrected chi connectivity index (χ0v) is 12.7. The summed E-state index contributed by atoms with van der Waals surface area (Å²) in [6.07, 6.45) is 1.31. The Kier molecular flexibility index (Phi) is 5.40. The Hall–Kier alpha value is -0.360. The van der Waals surface area contributed by atoms with E-state index in [1.807, 2.05) is 23.5 Å². The normalized spacial score (nSPS) is 21.3. The number of carbonyl (C=O) groups is 2. The zero-order chi connectivity index (χ0) is 13.8. The molecular formula is C12H20O4S2. The highest BCUT2D eigenvalue weighted by atomic mass is 32.2. The number of rotatable bonds is 6. The van der Waals surface area contributed by atoms with E-state index in [0.29, 0.717) is 12.8 Å². The second-order valence-electron chi connectivity index (χ2n) is 4.56. The molecule has 0 aromatic heterocycles. The number of aliphatic carboxylic acids is 1. The number of thioether (sulfide) groups is 2. The van der Waals surface area contributed by atoms with Crippen molar-refractivity contribution >= 4 is 35.5 Å². The molecular weight excluding hydrogens is 272 g/mol. The summed E-state index contributed by atoms with van der Waals surface area (Å²) in [4.78, 5) is 23.2. The van der Waals surface area contributed by atoms with Gasteiger partial charge in [0.1, 0.15) is 0 Å². The van der Waals surface area contributed by atoms with Gasteiger partial charge in [-0.05, 0) is 26.2 Å². The van der Waals surface area contributed by atoms with Crippen LogP contribution in [0, 0.1) is 5.41 Å². The number of carbonyl (C=O) groups excluding carboxylic acids is 1. The second-order valence-corrected chi connectivity index (χ2v) is 8.02. The summed E-state index contributed by atoms with van der Waals surface area (Å²) in [6.45, 7) is 3.84. The number of ether oxygens (including phenoxy) is 1. The number of hydrogen-bond donors (Lipinski definition) is 1. The van der Waals surface area contributed by atoms with E-state index in [1.54, 1.807) is 6.92 Å². The van der Waals surface area contributed by atoms with Crippen molar-refractivity contribution in [1.82, 2.24) is 0 Å². The van der Waals surface area contributed by atoms with Gasteiger partial charge in [0.2, 0.25) is 0 Å². The predicted octanol–water partition coefficient (Wildman–Crippen LogP) is 2.62. The maximum atomic E-state index is 11.8. The molecule has 1 fully saturated rings. The lowest BCUT2D eigenvalue weighted by atomic mass is 9.80. The van der Waals surface area contributed by atoms with E-state index < -0.39 is 17.4 Å². The molecule has 0 bridgehead atoms. The molecule has 0 aromatic carbocycles. The zero-order valence-electron chi connectivity index (χ0n) is 11.0. The van der Waals surface area contributed by atoms with E-state index in [9.17, 15) is 14.7 Å². The van der Waals surface area contributed by atoms with Gasteiger partial charge in [0.25, 0.3) is 0 Å². The summed E-state index contributed by atoms with van der Waals surface area (Å²) in [5.74, 6) is 0.472. The van der Waals surface area contributed by atoms with Crippen LogP contribution in [0.25, 0.3) is 0 Å². The van der Waals surface area contributed by atoms with Crippen LogP contribution >= 0.6 is 23.5 Å². The van der Waals surface area contributed by atoms with Crippen molar-refractivity contribution in [3.05, 3.63) is 0 Å². The van der Waals surface area contributed by atoms with Crippen LogP contribution in [0.4, 0.5) is 0 Å². The Bertz CT molecular complexity index is 326. The lowest BCUT2D eigenvalue weighted by Gasteiger charge is -2.29. The molecule has 104 valence electrons. The largest absolute Gasteiger partial charge is 0.480 e. The molecule has 0 saturated carbocycles. The lowest BCUT2D eigenvalue weighted by Crippen LogP contribution is -2.40. The highest BCUT2D eigenvalue weighted by molar-refractivity contribution is 8.21. The van der Waals surface area contributed by atoms with E-state index in [4.69, 9.17) is 0 Å². The van der Waals surface area contributed by atoms with Crippen molar-refractivity contribution in [2.45, 2.75) is 37.2 Å². The van der Waals surface area contributed by atoms with Gasteiger partial charge in [-0.25, -0.2) is 0 Å². The Labute approximate surface area is 116 Å². The molecule has 6 heteroatoms. The fraction of sp³-hybridized carbons (Fsp3) is 0.833. The fourth-order valence-electron chi connectivity index (χ4n) is 2.11. The van der Waals surface area contributed by atoms with Crippen molar-refractivity contribution in [2.75, 3.05) is 18.6 Å². The lowest BCUT2D eigenvalue weighted by molar-refractivity contribution is -0.168. The minimum absolute atomic E-state index is 0.0316. The number of carboxylic acids is 1. The van der Waals surface area contributed by atoms with Gasteiger partial charge in [-0.2, -0.15) is 0 Å². The number of esters is 1. The average Bonchev–Trinajstić information content (AvgIpc) is 2.77. The van der Waals surface area contributed by atoms with E-state index in [1.165, 1.54) is 7.11 Å². The molecule has 0 aliphatic carbocycles. The van der Waals surface area contributed by atoms with E-state index in [2.05, 4.69) is 11.7 Å². The fourth-order valence-corrected chi connectivity index (χ4v) is 4.96. The standard InChI is InChI=1S/C12H20O4S2/c1-4-12(9(13)14,10(15)16-3)6-5-11(2)17-7-8-18-11/h4-8H2,1-3H3,(H,13,14)/t12-/m1/s1. The first kappa shape index (κ1) is 15.7. The van der Waals surface area contributed by atoms with E-state index in [-0.39, 0.29) is 10.5 Å². The maximum Gasteiger partial charge on any atom is 0.323 e. The quantitative estimate of drug-likeness (QED) is 0.600. The summed E-state index contributed by atoms with van der Waals surface area (Å²) < 4.78 is 4.71. The van der Waals surface area contributed by atoms with Crippen molar-refractivity contribution in [3.63, 3.8) is 0 Å². The summed E-state index contributed by atoms with van der Waals surface area (Å²) in [7, 11) is 1.25. The number of hydrogen-bond acceptors (Lipinski definition) is 5. The molecule has 0 amide bonds. The number of methoxy groups -OCH3 is 1. The Balaban J connectivity index is 2.78. The molecule has 18 heavy (non-hydrogen) atoms. The second kappa shape index (κ2) is 6.19. The third-order valence-corrected chi connectivity index (χ3v) is 6.90. The molecule has 1 aliphatic heterocycles. The molecule has 4 nitrogen and oxygen atoms in total. The van der Waals surface area contributed by atoms with Gasteiger partial charge >= 0.3 is 11.9 Å². The van der Waals surface area contributed by atoms with Crippen LogP contribution < -0.4 is 0 Å². The van der Waals surface area contributed by atoms with Crippen molar-refractivity contribution in [2.24, 2.45) is 5.41 Å². The molecule has 0 aromatic rings. The van der Waals surface area contributed by atoms with Gasteiger partial charge in [-0.3, -0.25) is 9.59 Å². The van der Waals surface area contributed by atoms with Gasteiger partial charge in [0.05, 0.1) is 11.2 Å². The first-order chi connectivity index (χ1) is 8.40. The third kappa shape index (κ3) is 3.15. The smallest absolute Gasteiger partial charge is 0.323 e. The van der Waals surface area contributed by atoms with Gasteiger partial charge in [-0.15, -0.1) is 23.5 Å². The minimum atomic E-state index is -1.39. The maximum absolute atomic E-state index is 11.8. The summed E-state index contributed by atoms with van der Waals surface area (Å²) in [6, 6.07) is 0. The van der Waals surface area contributed by atoms with Crippen LogP contribution in [0.2, 0.25) is 0 Å². The molecule has 1 rings (SSSR count). The minimum Gasteiger partial charge on any atom is -0.480 e. The SMILES string of the molecule is CC[C@@](CCC1(C)SCCS1)(C(=O)O)C(=O)OC. The van der Waals surface area contributed by atoms with Gasteiger partial charge in [0, 0.05) is 11.5 Å². The average molecular weight is 292 g/mol. The summed E-state index contributed by atoms with van der Waals surface area (Å²) in [5, 5.41) is 9.37. The van der Waals surface area contributed by atoms with Crippen molar-refractivity contribution < 1.29 is 19.4 Å². The molecule has 1 saturated heterocycles. The van der Waals surface area contributed by atoms with Crippen LogP contribution in [0.5, 0.6) is 0 Å². The third-order valence-electron chi connectivity index (χ3n) is 3.49. The highest BCUT2D eigenvalue weighted by Crippen LogP contribution is 2.48. The molecule has 0 radical (unpaired) electrons. The Morgan fingerprint density at radius 1 is 1.39 bits per heavy atom. The van der Waals surface area contributed by atoms with Crippen molar-refractivity contribution in [1.29, 1.82) is 0 Å². The van der Waals surface area contributed by atoms with Gasteiger partial charge < -0.3 is 9.84 Å². The molecule has 1 aliphatic rings. The molecule has 1 N–H and O–H groups in total. The van der Waals surface area contributed by atoms with Crippen LogP contribution in [-0.2, 0) is 14.3 Å². The topological polar surface area (TPSA) is 63.6 Å². The molecule has 1 heterocycles. The van der Waals surface area contributed by atoms with Crippen LogP contribution in [0.1, 0.15) is 33.1 Å². The highest BCUT2D eigenvalue weighted by Gasteiger charge is 2.47. The van der Waals surface area contributed by atoms with Crippen LogP contribution in [-0.4, -0.2) is 39.7 Å². The van der Waals surface area contributed by atoms with Gasteiger partial charge in [0.15, 0.2) is 5.41 Å². The van der Waals surface area contributed by atoms with E-state index in [0.717, 1.165) is 11.5 Å². The van der Waals surface area contributed by atoms with E-state index >= 15 is 0 Å². The number of carboxylic acid groups (broad SMARTS) is 1. The van der Waals surface area contributed by atoms with Gasteiger partial charge in [-0.1, -0.05) is 6.92 Å².